The second kappa shape index (κ2) is 5.80. The van der Waals surface area contributed by atoms with E-state index < -0.39 is 0 Å². The molecule has 1 aliphatic carbocycles. The van der Waals surface area contributed by atoms with Crippen LogP contribution < -0.4 is 5.32 Å². The van der Waals surface area contributed by atoms with Gasteiger partial charge in [0.05, 0.1) is 11.7 Å². The Labute approximate surface area is 120 Å². The molecule has 2 aliphatic rings. The van der Waals surface area contributed by atoms with E-state index in [1.54, 1.807) is 0 Å². The average Bonchev–Trinajstić information content (AvgIpc) is 2.46. The van der Waals surface area contributed by atoms with Gasteiger partial charge in [-0.05, 0) is 57.1 Å². The minimum absolute atomic E-state index is 0.282. The zero-order valence-electron chi connectivity index (χ0n) is 12.0. The number of aryl methyl sites for hydroxylation is 2. The van der Waals surface area contributed by atoms with E-state index in [0.29, 0.717) is 11.6 Å². The normalized spacial score (nSPS) is 25.6. The van der Waals surface area contributed by atoms with Crippen LogP contribution in [-0.2, 0) is 17.6 Å². The van der Waals surface area contributed by atoms with Gasteiger partial charge in [0, 0.05) is 18.3 Å². The standard InChI is InChI=1S/C16H21N3O/c1-11-8-14(6-7-20-11)18-16-13(10-17)9-12-4-2-3-5-15(12)19-16/h9,11,14H,2-8H2,1H3,(H,18,19). The third-order valence-electron chi connectivity index (χ3n) is 4.25. The fourth-order valence-electron chi connectivity index (χ4n) is 3.15. The highest BCUT2D eigenvalue weighted by atomic mass is 16.5. The van der Waals surface area contributed by atoms with Gasteiger partial charge in [0.2, 0.25) is 0 Å². The molecule has 0 amide bonds. The third kappa shape index (κ3) is 2.78. The highest BCUT2D eigenvalue weighted by molar-refractivity contribution is 5.55. The first kappa shape index (κ1) is 13.4. The third-order valence-corrected chi connectivity index (χ3v) is 4.25. The summed E-state index contributed by atoms with van der Waals surface area (Å²) in [6.07, 6.45) is 6.76. The van der Waals surface area contributed by atoms with Crippen LogP contribution in [0.4, 0.5) is 5.82 Å². The van der Waals surface area contributed by atoms with Crippen molar-refractivity contribution in [1.29, 1.82) is 5.26 Å². The van der Waals surface area contributed by atoms with Crippen LogP contribution in [0.3, 0.4) is 0 Å². The molecule has 1 fully saturated rings. The molecule has 1 aliphatic heterocycles. The van der Waals surface area contributed by atoms with Crippen molar-refractivity contribution in [3.05, 3.63) is 22.9 Å². The maximum Gasteiger partial charge on any atom is 0.144 e. The van der Waals surface area contributed by atoms with Crippen LogP contribution in [0.5, 0.6) is 0 Å². The second-order valence-corrected chi connectivity index (χ2v) is 5.86. The summed E-state index contributed by atoms with van der Waals surface area (Å²) in [4.78, 5) is 4.73. The Morgan fingerprint density at radius 2 is 2.25 bits per heavy atom. The molecular weight excluding hydrogens is 250 g/mol. The monoisotopic (exact) mass is 271 g/mol. The number of anilines is 1. The molecule has 4 nitrogen and oxygen atoms in total. The quantitative estimate of drug-likeness (QED) is 0.898. The van der Waals surface area contributed by atoms with Gasteiger partial charge in [-0.3, -0.25) is 0 Å². The van der Waals surface area contributed by atoms with Crippen LogP contribution >= 0.6 is 0 Å². The lowest BCUT2D eigenvalue weighted by Crippen LogP contribution is -2.33. The molecule has 2 heterocycles. The van der Waals surface area contributed by atoms with E-state index in [0.717, 1.165) is 38.1 Å². The molecule has 0 saturated carbocycles. The molecule has 2 unspecified atom stereocenters. The molecule has 0 spiro atoms. The maximum atomic E-state index is 9.35. The SMILES string of the molecule is CC1CC(Nc2nc3c(cc2C#N)CCCC3)CCO1. The lowest BCUT2D eigenvalue weighted by molar-refractivity contribution is 0.0231. The Morgan fingerprint density at radius 1 is 1.40 bits per heavy atom. The first-order chi connectivity index (χ1) is 9.76. The number of nitrogens with zero attached hydrogens (tertiary/aromatic N) is 2. The van der Waals surface area contributed by atoms with Crippen molar-refractivity contribution >= 4 is 5.82 Å². The van der Waals surface area contributed by atoms with E-state index in [4.69, 9.17) is 9.72 Å². The second-order valence-electron chi connectivity index (χ2n) is 5.86. The van der Waals surface area contributed by atoms with Gasteiger partial charge in [-0.2, -0.15) is 5.26 Å². The number of rotatable bonds is 2. The van der Waals surface area contributed by atoms with Crippen molar-refractivity contribution < 1.29 is 4.74 Å². The first-order valence-corrected chi connectivity index (χ1v) is 7.57. The Balaban J connectivity index is 1.83. The molecule has 4 heteroatoms. The Morgan fingerprint density at radius 3 is 3.05 bits per heavy atom. The summed E-state index contributed by atoms with van der Waals surface area (Å²) in [6, 6.07) is 4.69. The summed E-state index contributed by atoms with van der Waals surface area (Å²) in [5.74, 6) is 0.771. The summed E-state index contributed by atoms with van der Waals surface area (Å²) in [5, 5.41) is 12.8. The van der Waals surface area contributed by atoms with Crippen molar-refractivity contribution in [2.24, 2.45) is 0 Å². The molecule has 3 rings (SSSR count). The molecule has 0 aromatic carbocycles. The van der Waals surface area contributed by atoms with E-state index in [1.807, 2.05) is 6.07 Å². The van der Waals surface area contributed by atoms with Crippen molar-refractivity contribution in [1.82, 2.24) is 4.98 Å². The number of hydrogen-bond acceptors (Lipinski definition) is 4. The summed E-state index contributed by atoms with van der Waals surface area (Å²) in [7, 11) is 0. The zero-order chi connectivity index (χ0) is 13.9. The molecule has 2 atom stereocenters. The van der Waals surface area contributed by atoms with Gasteiger partial charge in [-0.15, -0.1) is 0 Å². The minimum atomic E-state index is 0.282. The van der Waals surface area contributed by atoms with E-state index in [9.17, 15) is 5.26 Å². The number of nitrogens with one attached hydrogen (secondary N) is 1. The zero-order valence-corrected chi connectivity index (χ0v) is 12.0. The Kier molecular flexibility index (Phi) is 3.88. The number of pyridine rings is 1. The number of hydrogen-bond donors (Lipinski definition) is 1. The Hall–Kier alpha value is -1.60. The summed E-state index contributed by atoms with van der Waals surface area (Å²) < 4.78 is 5.57. The van der Waals surface area contributed by atoms with Crippen LogP contribution in [0.1, 0.15) is 49.4 Å². The van der Waals surface area contributed by atoms with E-state index in [-0.39, 0.29) is 6.10 Å². The van der Waals surface area contributed by atoms with Crippen molar-refractivity contribution in [3.63, 3.8) is 0 Å². The van der Waals surface area contributed by atoms with Crippen LogP contribution in [0, 0.1) is 11.3 Å². The van der Waals surface area contributed by atoms with Crippen LogP contribution in [-0.4, -0.2) is 23.7 Å². The van der Waals surface area contributed by atoms with Gasteiger partial charge in [0.15, 0.2) is 0 Å². The summed E-state index contributed by atoms with van der Waals surface area (Å²) in [6.45, 7) is 2.88. The van der Waals surface area contributed by atoms with Crippen LogP contribution in [0.15, 0.2) is 6.07 Å². The molecule has 1 N–H and O–H groups in total. The van der Waals surface area contributed by atoms with Gasteiger partial charge < -0.3 is 10.1 Å². The number of fused-ring (bicyclic) bond motifs is 1. The van der Waals surface area contributed by atoms with Gasteiger partial charge in [0.25, 0.3) is 0 Å². The van der Waals surface area contributed by atoms with E-state index in [2.05, 4.69) is 18.3 Å². The fraction of sp³-hybridized carbons (Fsp3) is 0.625. The van der Waals surface area contributed by atoms with Gasteiger partial charge in [-0.1, -0.05) is 0 Å². The van der Waals surface area contributed by atoms with E-state index in [1.165, 1.54) is 24.1 Å². The lowest BCUT2D eigenvalue weighted by atomic mass is 9.94. The molecule has 1 saturated heterocycles. The van der Waals surface area contributed by atoms with Crippen molar-refractivity contribution in [2.75, 3.05) is 11.9 Å². The largest absolute Gasteiger partial charge is 0.378 e. The minimum Gasteiger partial charge on any atom is -0.378 e. The topological polar surface area (TPSA) is 57.9 Å². The molecule has 0 radical (unpaired) electrons. The molecule has 20 heavy (non-hydrogen) atoms. The predicted molar refractivity (Wildman–Crippen MR) is 77.7 cm³/mol. The predicted octanol–water partition coefficient (Wildman–Crippen LogP) is 2.81. The molecule has 106 valence electrons. The Bertz CT molecular complexity index is 535. The van der Waals surface area contributed by atoms with Gasteiger partial charge in [0.1, 0.15) is 11.9 Å². The number of aromatic nitrogens is 1. The van der Waals surface area contributed by atoms with Crippen molar-refractivity contribution in [2.45, 2.75) is 57.6 Å². The van der Waals surface area contributed by atoms with Crippen LogP contribution in [0.2, 0.25) is 0 Å². The summed E-state index contributed by atoms with van der Waals surface area (Å²) >= 11 is 0. The van der Waals surface area contributed by atoms with Crippen molar-refractivity contribution in [3.8, 4) is 6.07 Å². The van der Waals surface area contributed by atoms with Crippen LogP contribution in [0.25, 0.3) is 0 Å². The maximum absolute atomic E-state index is 9.35. The highest BCUT2D eigenvalue weighted by Gasteiger charge is 2.22. The van der Waals surface area contributed by atoms with Gasteiger partial charge >= 0.3 is 0 Å². The number of ether oxygens (including phenoxy) is 1. The lowest BCUT2D eigenvalue weighted by Gasteiger charge is -2.29. The smallest absolute Gasteiger partial charge is 0.144 e. The molecule has 0 bridgehead atoms. The molecule has 1 aromatic rings. The summed E-state index contributed by atoms with van der Waals surface area (Å²) in [5.41, 5.74) is 3.13. The number of nitriles is 1. The molecule has 1 aromatic heterocycles. The van der Waals surface area contributed by atoms with Gasteiger partial charge in [-0.25, -0.2) is 4.98 Å². The fourth-order valence-corrected chi connectivity index (χ4v) is 3.15. The first-order valence-electron chi connectivity index (χ1n) is 7.57. The highest BCUT2D eigenvalue weighted by Crippen LogP contribution is 2.26. The molecular formula is C16H21N3O. The van der Waals surface area contributed by atoms with E-state index >= 15 is 0 Å². The average molecular weight is 271 g/mol.